The second-order valence-corrected chi connectivity index (χ2v) is 5.30. The van der Waals surface area contributed by atoms with Gasteiger partial charge in [0.05, 0.1) is 18.3 Å². The van der Waals surface area contributed by atoms with Crippen molar-refractivity contribution in [3.8, 4) is 0 Å². The van der Waals surface area contributed by atoms with Crippen LogP contribution in [0.4, 0.5) is 0 Å². The molecule has 1 rings (SSSR count). The van der Waals surface area contributed by atoms with Gasteiger partial charge in [0.2, 0.25) is 0 Å². The minimum Gasteiger partial charge on any atom is -0.393 e. The molecule has 1 heterocycles. The molecular formula is C12H24O2. The predicted octanol–water partition coefficient (Wildman–Crippen LogP) is 2.60. The van der Waals surface area contributed by atoms with Gasteiger partial charge in [0, 0.05) is 0 Å². The zero-order valence-corrected chi connectivity index (χ0v) is 9.86. The number of aliphatic hydroxyl groups excluding tert-OH is 1. The second-order valence-electron chi connectivity index (χ2n) is 5.30. The van der Waals surface area contributed by atoms with Crippen LogP contribution in [0, 0.1) is 11.8 Å². The Bertz CT molecular complexity index is 164. The van der Waals surface area contributed by atoms with Gasteiger partial charge in [-0.25, -0.2) is 0 Å². The first-order chi connectivity index (χ1) is 6.49. The van der Waals surface area contributed by atoms with Crippen molar-refractivity contribution in [1.82, 2.24) is 0 Å². The van der Waals surface area contributed by atoms with Crippen LogP contribution in [0.5, 0.6) is 0 Å². The fourth-order valence-electron chi connectivity index (χ4n) is 2.13. The predicted molar refractivity (Wildman–Crippen MR) is 58.2 cm³/mol. The van der Waals surface area contributed by atoms with Crippen LogP contribution >= 0.6 is 0 Å². The van der Waals surface area contributed by atoms with Crippen molar-refractivity contribution in [2.24, 2.45) is 11.8 Å². The van der Waals surface area contributed by atoms with Crippen LogP contribution in [0.3, 0.4) is 0 Å². The Morgan fingerprint density at radius 1 is 1.21 bits per heavy atom. The highest BCUT2D eigenvalue weighted by atomic mass is 16.5. The number of ether oxygens (including phenoxy) is 1. The maximum Gasteiger partial charge on any atom is 0.0626 e. The maximum atomic E-state index is 9.73. The van der Waals surface area contributed by atoms with Crippen LogP contribution in [-0.4, -0.2) is 23.4 Å². The smallest absolute Gasteiger partial charge is 0.0626 e. The molecule has 2 heteroatoms. The molecule has 0 unspecified atom stereocenters. The Hall–Kier alpha value is -0.0800. The van der Waals surface area contributed by atoms with Gasteiger partial charge in [0.25, 0.3) is 0 Å². The molecule has 0 saturated carbocycles. The van der Waals surface area contributed by atoms with Gasteiger partial charge in [-0.15, -0.1) is 0 Å². The molecule has 0 radical (unpaired) electrons. The van der Waals surface area contributed by atoms with E-state index in [4.69, 9.17) is 4.74 Å². The van der Waals surface area contributed by atoms with Gasteiger partial charge in [-0.1, -0.05) is 27.7 Å². The molecule has 84 valence electrons. The molecule has 0 aliphatic carbocycles. The summed E-state index contributed by atoms with van der Waals surface area (Å²) < 4.78 is 5.97. The Kier molecular flexibility index (Phi) is 4.39. The fourth-order valence-corrected chi connectivity index (χ4v) is 2.13. The lowest BCUT2D eigenvalue weighted by atomic mass is 9.91. The van der Waals surface area contributed by atoms with Gasteiger partial charge < -0.3 is 9.84 Å². The van der Waals surface area contributed by atoms with E-state index in [1.54, 1.807) is 0 Å². The highest BCUT2D eigenvalue weighted by Crippen LogP contribution is 2.27. The zero-order chi connectivity index (χ0) is 10.7. The summed E-state index contributed by atoms with van der Waals surface area (Å²) in [5.41, 5.74) is 0. The summed E-state index contributed by atoms with van der Waals surface area (Å²) in [4.78, 5) is 0. The van der Waals surface area contributed by atoms with E-state index in [2.05, 4.69) is 27.7 Å². The van der Waals surface area contributed by atoms with E-state index in [0.717, 1.165) is 19.3 Å². The van der Waals surface area contributed by atoms with Crippen molar-refractivity contribution in [2.75, 3.05) is 0 Å². The van der Waals surface area contributed by atoms with Crippen molar-refractivity contribution in [3.63, 3.8) is 0 Å². The van der Waals surface area contributed by atoms with Crippen LogP contribution in [0.1, 0.15) is 47.0 Å². The summed E-state index contributed by atoms with van der Waals surface area (Å²) in [6, 6.07) is 0. The van der Waals surface area contributed by atoms with Crippen molar-refractivity contribution in [3.05, 3.63) is 0 Å². The van der Waals surface area contributed by atoms with Gasteiger partial charge in [-0.3, -0.25) is 0 Å². The lowest BCUT2D eigenvalue weighted by Gasteiger charge is -2.36. The molecule has 1 aliphatic rings. The third-order valence-corrected chi connectivity index (χ3v) is 2.88. The first-order valence-corrected chi connectivity index (χ1v) is 5.82. The molecule has 0 bridgehead atoms. The van der Waals surface area contributed by atoms with E-state index < -0.39 is 0 Å². The van der Waals surface area contributed by atoms with Crippen LogP contribution in [-0.2, 0) is 4.74 Å². The topological polar surface area (TPSA) is 29.5 Å². The number of aliphatic hydroxyl groups is 1. The second kappa shape index (κ2) is 5.13. The molecule has 0 aromatic rings. The lowest BCUT2D eigenvalue weighted by molar-refractivity contribution is -0.117. The molecule has 2 nitrogen and oxygen atoms in total. The summed E-state index contributed by atoms with van der Waals surface area (Å²) in [7, 11) is 0. The number of hydrogen-bond acceptors (Lipinski definition) is 2. The Labute approximate surface area is 87.7 Å². The fraction of sp³-hybridized carbons (Fsp3) is 1.00. The monoisotopic (exact) mass is 200 g/mol. The molecule has 0 aromatic carbocycles. The van der Waals surface area contributed by atoms with Gasteiger partial charge in [-0.05, 0) is 31.1 Å². The molecule has 1 aliphatic heterocycles. The summed E-state index contributed by atoms with van der Waals surface area (Å²) in [6.07, 6.45) is 3.07. The van der Waals surface area contributed by atoms with Gasteiger partial charge in [0.1, 0.15) is 0 Å². The van der Waals surface area contributed by atoms with Crippen molar-refractivity contribution >= 4 is 0 Å². The van der Waals surface area contributed by atoms with Gasteiger partial charge >= 0.3 is 0 Å². The summed E-state index contributed by atoms with van der Waals surface area (Å²) in [5.74, 6) is 1.16. The summed E-state index contributed by atoms with van der Waals surface area (Å²) in [5, 5.41) is 9.73. The molecule has 0 spiro atoms. The van der Waals surface area contributed by atoms with Crippen molar-refractivity contribution in [1.29, 1.82) is 0 Å². The van der Waals surface area contributed by atoms with Crippen LogP contribution in [0.15, 0.2) is 0 Å². The zero-order valence-electron chi connectivity index (χ0n) is 9.86. The third-order valence-electron chi connectivity index (χ3n) is 2.88. The van der Waals surface area contributed by atoms with E-state index >= 15 is 0 Å². The largest absolute Gasteiger partial charge is 0.393 e. The molecule has 0 amide bonds. The van der Waals surface area contributed by atoms with E-state index in [1.807, 2.05) is 0 Å². The molecule has 1 N–H and O–H groups in total. The van der Waals surface area contributed by atoms with Crippen LogP contribution in [0.2, 0.25) is 0 Å². The standard InChI is InChI=1S/C12H24O2/c1-8(2)5-11-6-10(13)7-12(14-11)9(3)4/h8-13H,5-7H2,1-4H3/t10-,11+,12+/m0/s1. The van der Waals surface area contributed by atoms with E-state index in [-0.39, 0.29) is 18.3 Å². The molecular weight excluding hydrogens is 176 g/mol. The SMILES string of the molecule is CC(C)C[C@@H]1C[C@H](O)C[C@H](C(C)C)O1. The Morgan fingerprint density at radius 3 is 2.36 bits per heavy atom. The van der Waals surface area contributed by atoms with E-state index in [9.17, 15) is 5.11 Å². The summed E-state index contributed by atoms with van der Waals surface area (Å²) in [6.45, 7) is 8.73. The lowest BCUT2D eigenvalue weighted by Crippen LogP contribution is -2.38. The van der Waals surface area contributed by atoms with Gasteiger partial charge in [-0.2, -0.15) is 0 Å². The number of rotatable bonds is 3. The van der Waals surface area contributed by atoms with Gasteiger partial charge in [0.15, 0.2) is 0 Å². The minimum absolute atomic E-state index is 0.153. The highest BCUT2D eigenvalue weighted by Gasteiger charge is 2.30. The molecule has 1 fully saturated rings. The molecule has 14 heavy (non-hydrogen) atoms. The van der Waals surface area contributed by atoms with E-state index in [1.165, 1.54) is 0 Å². The average molecular weight is 200 g/mol. The quantitative estimate of drug-likeness (QED) is 0.759. The third kappa shape index (κ3) is 3.58. The summed E-state index contributed by atoms with van der Waals surface area (Å²) >= 11 is 0. The van der Waals surface area contributed by atoms with E-state index in [0.29, 0.717) is 11.8 Å². The van der Waals surface area contributed by atoms with Crippen LogP contribution in [0.25, 0.3) is 0 Å². The average Bonchev–Trinajstić information content (AvgIpc) is 2.01. The normalized spacial score (nSPS) is 34.1. The highest BCUT2D eigenvalue weighted by molar-refractivity contribution is 4.79. The number of hydrogen-bond donors (Lipinski definition) is 1. The first kappa shape index (κ1) is 12.0. The molecule has 0 aromatic heterocycles. The Balaban J connectivity index is 2.45. The first-order valence-electron chi connectivity index (χ1n) is 5.82. The van der Waals surface area contributed by atoms with Crippen molar-refractivity contribution in [2.45, 2.75) is 65.3 Å². The maximum absolute atomic E-state index is 9.73. The Morgan fingerprint density at radius 2 is 1.86 bits per heavy atom. The molecule has 3 atom stereocenters. The molecule has 1 saturated heterocycles. The van der Waals surface area contributed by atoms with Crippen LogP contribution < -0.4 is 0 Å². The van der Waals surface area contributed by atoms with Crippen molar-refractivity contribution < 1.29 is 9.84 Å². The minimum atomic E-state index is -0.153.